The molecule has 1 fully saturated rings. The van der Waals surface area contributed by atoms with E-state index in [-0.39, 0.29) is 23.7 Å². The molecule has 0 unspecified atom stereocenters. The number of para-hydroxylation sites is 2. The number of nitrogens with one attached hydrogen (secondary N) is 2. The first-order valence-corrected chi connectivity index (χ1v) is 11.7. The molecule has 2 amide bonds. The Kier molecular flexibility index (Phi) is 6.53. The maximum Gasteiger partial charge on any atom is 0.259 e. The smallest absolute Gasteiger partial charge is 0.259 e. The van der Waals surface area contributed by atoms with Crippen LogP contribution in [0.15, 0.2) is 48.5 Å². The average Bonchev–Trinajstić information content (AvgIpc) is 3.52. The molecule has 166 valence electrons. The Bertz CT molecular complexity index is 1160. The average molecular weight is 469 g/mol. The number of carbonyl (C=O) groups excluding carboxylic acids is 2. The highest BCUT2D eigenvalue weighted by Gasteiger charge is 2.44. The Hall–Kier alpha value is -2.83. The maximum absolute atomic E-state index is 13.3. The Morgan fingerprint density at radius 1 is 1.12 bits per heavy atom. The molecular formula is C25H25ClN2O3S. The molecule has 0 spiro atoms. The normalized spacial score (nSPS) is 17.0. The Labute approximate surface area is 196 Å². The molecule has 0 radical (unpaired) electrons. The highest BCUT2D eigenvalue weighted by molar-refractivity contribution is 7.16. The van der Waals surface area contributed by atoms with Crippen molar-refractivity contribution in [1.82, 2.24) is 0 Å². The van der Waals surface area contributed by atoms with Crippen LogP contribution in [0, 0.1) is 12.8 Å². The molecule has 5 nitrogen and oxygen atoms in total. The number of methoxy groups -OCH3 is 1. The molecule has 4 rings (SSSR count). The quantitative estimate of drug-likeness (QED) is 0.429. The fraction of sp³-hybridized carbons (Fsp3) is 0.280. The molecule has 3 aromatic rings. The van der Waals surface area contributed by atoms with Gasteiger partial charge in [0.15, 0.2) is 0 Å². The van der Waals surface area contributed by atoms with Crippen LogP contribution in [0.2, 0.25) is 5.02 Å². The second-order valence-corrected chi connectivity index (χ2v) is 9.50. The van der Waals surface area contributed by atoms with Crippen LogP contribution in [0.3, 0.4) is 0 Å². The molecule has 1 saturated carbocycles. The summed E-state index contributed by atoms with van der Waals surface area (Å²) in [7, 11) is 1.57. The molecule has 2 atom stereocenters. The van der Waals surface area contributed by atoms with Gasteiger partial charge in [-0.2, -0.15) is 0 Å². The Morgan fingerprint density at radius 3 is 2.53 bits per heavy atom. The molecular weight excluding hydrogens is 444 g/mol. The number of thiophene rings is 1. The van der Waals surface area contributed by atoms with Crippen molar-refractivity contribution in [3.8, 4) is 5.75 Å². The Balaban J connectivity index is 1.54. The molecule has 0 bridgehead atoms. The molecule has 2 aromatic carbocycles. The highest BCUT2D eigenvalue weighted by Crippen LogP contribution is 2.48. The van der Waals surface area contributed by atoms with Gasteiger partial charge in [-0.05, 0) is 61.1 Å². The van der Waals surface area contributed by atoms with Crippen LogP contribution in [0.1, 0.15) is 45.6 Å². The van der Waals surface area contributed by atoms with E-state index in [1.807, 2.05) is 50.2 Å². The predicted octanol–water partition coefficient (Wildman–Crippen LogP) is 6.28. The number of aryl methyl sites for hydroxylation is 1. The van der Waals surface area contributed by atoms with Crippen molar-refractivity contribution in [1.29, 1.82) is 0 Å². The third-order valence-electron chi connectivity index (χ3n) is 5.81. The fourth-order valence-electron chi connectivity index (χ4n) is 4.03. The van der Waals surface area contributed by atoms with E-state index in [9.17, 15) is 9.59 Å². The molecule has 1 aliphatic carbocycles. The number of carbonyl (C=O) groups is 2. The first-order chi connectivity index (χ1) is 15.4. The minimum absolute atomic E-state index is 0.0554. The number of anilines is 2. The zero-order valence-corrected chi connectivity index (χ0v) is 19.8. The van der Waals surface area contributed by atoms with Crippen molar-refractivity contribution in [2.24, 2.45) is 5.92 Å². The summed E-state index contributed by atoms with van der Waals surface area (Å²) in [6.07, 6.45) is 1.49. The van der Waals surface area contributed by atoms with Crippen molar-refractivity contribution in [2.45, 2.75) is 32.6 Å². The van der Waals surface area contributed by atoms with Gasteiger partial charge in [-0.25, -0.2) is 0 Å². The lowest BCUT2D eigenvalue weighted by Gasteiger charge is -2.12. The molecule has 1 aliphatic rings. The van der Waals surface area contributed by atoms with Crippen molar-refractivity contribution in [3.63, 3.8) is 0 Å². The molecule has 0 aliphatic heterocycles. The van der Waals surface area contributed by atoms with E-state index in [4.69, 9.17) is 16.3 Å². The van der Waals surface area contributed by atoms with E-state index in [0.717, 1.165) is 22.4 Å². The van der Waals surface area contributed by atoms with E-state index in [2.05, 4.69) is 10.6 Å². The number of halogens is 1. The van der Waals surface area contributed by atoms with Crippen LogP contribution in [-0.2, 0) is 11.2 Å². The molecule has 32 heavy (non-hydrogen) atoms. The minimum Gasteiger partial charge on any atom is -0.495 e. The van der Waals surface area contributed by atoms with E-state index < -0.39 is 0 Å². The van der Waals surface area contributed by atoms with Gasteiger partial charge in [0.25, 0.3) is 5.91 Å². The van der Waals surface area contributed by atoms with Gasteiger partial charge in [-0.3, -0.25) is 9.59 Å². The zero-order valence-electron chi connectivity index (χ0n) is 18.2. The van der Waals surface area contributed by atoms with E-state index in [0.29, 0.717) is 33.4 Å². The third-order valence-corrected chi connectivity index (χ3v) is 7.12. The largest absolute Gasteiger partial charge is 0.495 e. The third kappa shape index (κ3) is 4.52. The summed E-state index contributed by atoms with van der Waals surface area (Å²) in [6.45, 7) is 3.99. The highest BCUT2D eigenvalue weighted by atomic mass is 35.5. The van der Waals surface area contributed by atoms with Gasteiger partial charge in [0.05, 0.1) is 18.4 Å². The summed E-state index contributed by atoms with van der Waals surface area (Å²) in [6, 6.07) is 14.9. The van der Waals surface area contributed by atoms with Crippen LogP contribution >= 0.6 is 22.9 Å². The summed E-state index contributed by atoms with van der Waals surface area (Å²) < 4.78 is 5.35. The number of ether oxygens (including phenoxy) is 1. The van der Waals surface area contributed by atoms with Crippen molar-refractivity contribution in [2.75, 3.05) is 17.7 Å². The maximum atomic E-state index is 13.3. The lowest BCUT2D eigenvalue weighted by molar-refractivity contribution is -0.117. The molecule has 7 heteroatoms. The summed E-state index contributed by atoms with van der Waals surface area (Å²) in [4.78, 5) is 27.3. The lowest BCUT2D eigenvalue weighted by Crippen LogP contribution is -2.19. The number of amides is 2. The SMILES string of the molecule is CCc1c(C)sc(NC(=O)[C@@H]2C[C@@H]2c2ccc(Cl)cc2)c1C(=O)Nc1ccccc1OC. The standard InChI is InChI=1S/C25H25ClN2O3S/c1-4-17-14(2)32-25(22(17)24(30)27-20-7-5-6-8-21(20)31-3)28-23(29)19-13-18(19)15-9-11-16(26)12-10-15/h5-12,18-19H,4,13H2,1-3H3,(H,27,30)(H,28,29)/t18-,19-/m1/s1. The molecule has 1 heterocycles. The van der Waals surface area contributed by atoms with E-state index in [1.165, 1.54) is 11.3 Å². The minimum atomic E-state index is -0.254. The van der Waals surface area contributed by atoms with Crippen LogP contribution in [0.25, 0.3) is 0 Å². The zero-order chi connectivity index (χ0) is 22.8. The monoisotopic (exact) mass is 468 g/mol. The summed E-state index contributed by atoms with van der Waals surface area (Å²) >= 11 is 7.42. The van der Waals surface area contributed by atoms with Crippen molar-refractivity contribution < 1.29 is 14.3 Å². The predicted molar refractivity (Wildman–Crippen MR) is 130 cm³/mol. The van der Waals surface area contributed by atoms with Crippen LogP contribution in [0.5, 0.6) is 5.75 Å². The van der Waals surface area contributed by atoms with Gasteiger partial charge in [-0.1, -0.05) is 42.8 Å². The first-order valence-electron chi connectivity index (χ1n) is 10.6. The van der Waals surface area contributed by atoms with Crippen molar-refractivity contribution in [3.05, 3.63) is 75.1 Å². The van der Waals surface area contributed by atoms with Gasteiger partial charge in [0.2, 0.25) is 5.91 Å². The molecule has 1 aromatic heterocycles. The molecule has 2 N–H and O–H groups in total. The van der Waals surface area contributed by atoms with Crippen LogP contribution in [-0.4, -0.2) is 18.9 Å². The van der Waals surface area contributed by atoms with Crippen molar-refractivity contribution >= 4 is 45.4 Å². The number of hydrogen-bond acceptors (Lipinski definition) is 4. The summed E-state index contributed by atoms with van der Waals surface area (Å²) in [5.41, 5.74) is 3.18. The second kappa shape index (κ2) is 9.35. The fourth-order valence-corrected chi connectivity index (χ4v) is 5.30. The van der Waals surface area contributed by atoms with Gasteiger partial charge in [-0.15, -0.1) is 11.3 Å². The number of benzene rings is 2. The molecule has 0 saturated heterocycles. The van der Waals surface area contributed by atoms with E-state index in [1.54, 1.807) is 19.2 Å². The number of hydrogen-bond donors (Lipinski definition) is 2. The summed E-state index contributed by atoms with van der Waals surface area (Å²) in [5.74, 6) is 0.357. The van der Waals surface area contributed by atoms with Crippen LogP contribution in [0.4, 0.5) is 10.7 Å². The van der Waals surface area contributed by atoms with E-state index >= 15 is 0 Å². The van der Waals surface area contributed by atoms with Gasteiger partial charge < -0.3 is 15.4 Å². The topological polar surface area (TPSA) is 67.4 Å². The first kappa shape index (κ1) is 22.4. The van der Waals surface area contributed by atoms with Gasteiger partial charge in [0, 0.05) is 15.8 Å². The summed E-state index contributed by atoms with van der Waals surface area (Å²) in [5, 5.41) is 7.26. The van der Waals surface area contributed by atoms with Crippen LogP contribution < -0.4 is 15.4 Å². The van der Waals surface area contributed by atoms with Gasteiger partial charge >= 0.3 is 0 Å². The Morgan fingerprint density at radius 2 is 1.84 bits per heavy atom. The van der Waals surface area contributed by atoms with Gasteiger partial charge in [0.1, 0.15) is 10.8 Å². The number of rotatable bonds is 7. The lowest BCUT2D eigenvalue weighted by atomic mass is 10.1. The second-order valence-electron chi connectivity index (χ2n) is 7.84.